The van der Waals surface area contributed by atoms with Crippen LogP contribution in [-0.2, 0) is 6.54 Å². The maximum atomic E-state index is 10.9. The van der Waals surface area contributed by atoms with E-state index in [4.69, 9.17) is 4.74 Å². The minimum atomic E-state index is -0.811. The summed E-state index contributed by atoms with van der Waals surface area (Å²) in [6.07, 6.45) is 5.44. The minimum absolute atomic E-state index is 0.316. The number of ether oxygens (including phenoxy) is 1. The van der Waals surface area contributed by atoms with E-state index in [1.54, 1.807) is 0 Å². The van der Waals surface area contributed by atoms with Crippen LogP contribution in [0.4, 0.5) is 0 Å². The summed E-state index contributed by atoms with van der Waals surface area (Å²) in [5.74, 6) is 1.58. The second-order valence-corrected chi connectivity index (χ2v) is 6.78. The highest BCUT2D eigenvalue weighted by molar-refractivity contribution is 5.26. The van der Waals surface area contributed by atoms with Gasteiger partial charge in [-0.05, 0) is 45.4 Å². The summed E-state index contributed by atoms with van der Waals surface area (Å²) < 4.78 is 5.82. The van der Waals surface area contributed by atoms with Crippen LogP contribution in [0.1, 0.15) is 29.8 Å². The summed E-state index contributed by atoms with van der Waals surface area (Å²) in [7, 11) is 0. The Balaban J connectivity index is 1.56. The number of piperidine rings is 1. The number of β-amino-alcohol motifs (C(OH)–C–C–N with tert-alkyl or cyclic N) is 1. The molecule has 128 valence electrons. The zero-order valence-corrected chi connectivity index (χ0v) is 14.4. The summed E-state index contributed by atoms with van der Waals surface area (Å²) in [6.45, 7) is 6.58. The van der Waals surface area contributed by atoms with E-state index >= 15 is 0 Å². The van der Waals surface area contributed by atoms with Gasteiger partial charge in [0.05, 0.1) is 0 Å². The first-order chi connectivity index (χ1) is 11.5. The van der Waals surface area contributed by atoms with Gasteiger partial charge in [0.15, 0.2) is 0 Å². The van der Waals surface area contributed by atoms with Crippen molar-refractivity contribution in [3.8, 4) is 5.75 Å². The van der Waals surface area contributed by atoms with Crippen LogP contribution in [0.2, 0.25) is 0 Å². The zero-order valence-electron chi connectivity index (χ0n) is 14.4. The predicted molar refractivity (Wildman–Crippen MR) is 92.9 cm³/mol. The Morgan fingerprint density at radius 1 is 1.17 bits per heavy atom. The van der Waals surface area contributed by atoms with Gasteiger partial charge in [-0.15, -0.1) is 0 Å². The summed E-state index contributed by atoms with van der Waals surface area (Å²) in [5, 5.41) is 10.9. The molecule has 24 heavy (non-hydrogen) atoms. The quantitative estimate of drug-likeness (QED) is 0.914. The fourth-order valence-corrected chi connectivity index (χ4v) is 3.07. The van der Waals surface area contributed by atoms with Crippen molar-refractivity contribution in [3.05, 3.63) is 53.6 Å². The molecule has 1 aromatic heterocycles. The number of aliphatic hydroxyl groups is 1. The normalized spacial score (nSPS) is 21.6. The number of hydrogen-bond donors (Lipinski definition) is 1. The lowest BCUT2D eigenvalue weighted by Crippen LogP contribution is -2.51. The van der Waals surface area contributed by atoms with Crippen LogP contribution in [-0.4, -0.2) is 45.3 Å². The third-order valence-electron chi connectivity index (χ3n) is 4.40. The first-order valence-corrected chi connectivity index (χ1v) is 8.44. The van der Waals surface area contributed by atoms with Gasteiger partial charge in [-0.2, -0.15) is 0 Å². The average molecular weight is 327 g/mol. The van der Waals surface area contributed by atoms with Crippen LogP contribution in [0.5, 0.6) is 5.75 Å². The molecule has 1 unspecified atom stereocenters. The van der Waals surface area contributed by atoms with Gasteiger partial charge in [0.1, 0.15) is 23.8 Å². The van der Waals surface area contributed by atoms with Crippen LogP contribution in [0.25, 0.3) is 0 Å². The molecule has 5 heteroatoms. The molecule has 1 saturated heterocycles. The van der Waals surface area contributed by atoms with Gasteiger partial charge < -0.3 is 9.84 Å². The summed E-state index contributed by atoms with van der Waals surface area (Å²) in [4.78, 5) is 10.7. The second kappa shape index (κ2) is 7.28. The highest BCUT2D eigenvalue weighted by atomic mass is 16.5. The molecule has 1 aliphatic rings. The molecule has 2 aromatic rings. The van der Waals surface area contributed by atoms with E-state index in [0.717, 1.165) is 43.1 Å². The predicted octanol–water partition coefficient (Wildman–Crippen LogP) is 2.50. The number of aryl methyl sites for hydroxylation is 2. The van der Waals surface area contributed by atoms with Gasteiger partial charge in [-0.3, -0.25) is 4.90 Å². The first-order valence-electron chi connectivity index (χ1n) is 8.44. The lowest BCUT2D eigenvalue weighted by molar-refractivity contribution is -0.0621. The van der Waals surface area contributed by atoms with Crippen LogP contribution < -0.4 is 4.74 Å². The fourth-order valence-electron chi connectivity index (χ4n) is 3.07. The molecule has 5 nitrogen and oxygen atoms in total. The number of rotatable bonds is 5. The third-order valence-corrected chi connectivity index (χ3v) is 4.40. The van der Waals surface area contributed by atoms with E-state index < -0.39 is 5.60 Å². The lowest BCUT2D eigenvalue weighted by atomic mass is 9.93. The molecule has 0 saturated carbocycles. The molecule has 3 rings (SSSR count). The highest BCUT2D eigenvalue weighted by Crippen LogP contribution is 2.24. The average Bonchev–Trinajstić information content (AvgIpc) is 2.57. The van der Waals surface area contributed by atoms with Crippen molar-refractivity contribution in [1.29, 1.82) is 0 Å². The van der Waals surface area contributed by atoms with Gasteiger partial charge in [-0.1, -0.05) is 17.7 Å². The second-order valence-electron chi connectivity index (χ2n) is 6.78. The molecule has 1 atom stereocenters. The molecule has 0 amide bonds. The van der Waals surface area contributed by atoms with Crippen molar-refractivity contribution in [3.63, 3.8) is 0 Å². The molecule has 0 aliphatic carbocycles. The number of nitrogens with zero attached hydrogens (tertiary/aromatic N) is 3. The number of aromatic nitrogens is 2. The molecule has 2 heterocycles. The maximum absolute atomic E-state index is 10.9. The van der Waals surface area contributed by atoms with Crippen molar-refractivity contribution < 1.29 is 9.84 Å². The minimum Gasteiger partial charge on any atom is -0.491 e. The van der Waals surface area contributed by atoms with Gasteiger partial charge in [0.25, 0.3) is 0 Å². The van der Waals surface area contributed by atoms with Gasteiger partial charge in [0, 0.05) is 31.0 Å². The van der Waals surface area contributed by atoms with Crippen molar-refractivity contribution in [2.75, 3.05) is 19.7 Å². The molecule has 0 spiro atoms. The number of hydrogen-bond acceptors (Lipinski definition) is 5. The van der Waals surface area contributed by atoms with E-state index in [1.165, 1.54) is 5.56 Å². The Hall–Kier alpha value is -1.98. The highest BCUT2D eigenvalue weighted by Gasteiger charge is 2.34. The zero-order chi connectivity index (χ0) is 17.0. The van der Waals surface area contributed by atoms with Crippen LogP contribution >= 0.6 is 0 Å². The fraction of sp³-hybridized carbons (Fsp3) is 0.474. The number of likely N-dealkylation sites (tertiary alicyclic amines) is 1. The standard InChI is InChI=1S/C19H25N3O2/c1-15-4-6-18(7-5-15)24-14-19(23)8-3-9-22(13-19)12-17-10-20-16(2)21-11-17/h4-7,10-11,23H,3,8-9,12-14H2,1-2H3. The molecule has 1 aliphatic heterocycles. The van der Waals surface area contributed by atoms with Gasteiger partial charge >= 0.3 is 0 Å². The van der Waals surface area contributed by atoms with Gasteiger partial charge in [0.2, 0.25) is 0 Å². The van der Waals surface area contributed by atoms with Crippen molar-refractivity contribution in [1.82, 2.24) is 14.9 Å². The molecule has 1 aromatic carbocycles. The smallest absolute Gasteiger partial charge is 0.125 e. The Bertz CT molecular complexity index is 657. The largest absolute Gasteiger partial charge is 0.491 e. The molecule has 0 bridgehead atoms. The van der Waals surface area contributed by atoms with E-state index in [1.807, 2.05) is 50.5 Å². The van der Waals surface area contributed by atoms with Crippen LogP contribution in [0, 0.1) is 13.8 Å². The van der Waals surface area contributed by atoms with Crippen molar-refractivity contribution in [2.45, 2.75) is 38.8 Å². The SMILES string of the molecule is Cc1ccc(OCC2(O)CCCN(Cc3cnc(C)nc3)C2)cc1. The van der Waals surface area contributed by atoms with Crippen LogP contribution in [0.3, 0.4) is 0 Å². The molecular formula is C19H25N3O2. The first kappa shape index (κ1) is 16.9. The van der Waals surface area contributed by atoms with Crippen molar-refractivity contribution >= 4 is 0 Å². The summed E-state index contributed by atoms with van der Waals surface area (Å²) in [6, 6.07) is 7.93. The molecule has 1 fully saturated rings. The van der Waals surface area contributed by atoms with E-state index in [-0.39, 0.29) is 0 Å². The topological polar surface area (TPSA) is 58.5 Å². The molecule has 0 radical (unpaired) electrons. The lowest BCUT2D eigenvalue weighted by Gasteiger charge is -2.38. The monoisotopic (exact) mass is 327 g/mol. The Morgan fingerprint density at radius 2 is 1.88 bits per heavy atom. The summed E-state index contributed by atoms with van der Waals surface area (Å²) >= 11 is 0. The van der Waals surface area contributed by atoms with Gasteiger partial charge in [-0.25, -0.2) is 9.97 Å². The maximum Gasteiger partial charge on any atom is 0.125 e. The Morgan fingerprint density at radius 3 is 2.58 bits per heavy atom. The molecule has 1 N–H and O–H groups in total. The summed E-state index contributed by atoms with van der Waals surface area (Å²) in [5.41, 5.74) is 1.46. The Kier molecular flexibility index (Phi) is 5.11. The Labute approximate surface area is 143 Å². The third kappa shape index (κ3) is 4.52. The van der Waals surface area contributed by atoms with Crippen LogP contribution in [0.15, 0.2) is 36.7 Å². The molecular weight excluding hydrogens is 302 g/mol. The van der Waals surface area contributed by atoms with E-state index in [9.17, 15) is 5.11 Å². The number of benzene rings is 1. The van der Waals surface area contributed by atoms with E-state index in [2.05, 4.69) is 14.9 Å². The van der Waals surface area contributed by atoms with Crippen molar-refractivity contribution in [2.24, 2.45) is 0 Å². The van der Waals surface area contributed by atoms with E-state index in [0.29, 0.717) is 13.2 Å².